The quantitative estimate of drug-likeness (QED) is 0.568. The van der Waals surface area contributed by atoms with Crippen LogP contribution in [0.15, 0.2) is 0 Å². The molecule has 1 amide bonds. The summed E-state index contributed by atoms with van der Waals surface area (Å²) in [6.45, 7) is 0. The lowest BCUT2D eigenvalue weighted by molar-refractivity contribution is -0.123. The molecule has 0 aromatic carbocycles. The van der Waals surface area contributed by atoms with Crippen LogP contribution in [0, 0.1) is 0 Å². The minimum Gasteiger partial charge on any atom is -0.393 e. The molecule has 13 heavy (non-hydrogen) atoms. The van der Waals surface area contributed by atoms with E-state index in [0.717, 1.165) is 31.0 Å². The Morgan fingerprint density at radius 2 is 2.15 bits per heavy atom. The number of hydrogen-bond donors (Lipinski definition) is 2. The van der Waals surface area contributed by atoms with Crippen LogP contribution in [0.5, 0.6) is 0 Å². The van der Waals surface area contributed by atoms with Crippen LogP contribution in [0.25, 0.3) is 0 Å². The Bertz CT molecular complexity index is 169. The van der Waals surface area contributed by atoms with Crippen molar-refractivity contribution in [3.8, 4) is 0 Å². The minimum absolute atomic E-state index is 0.123. The molecule has 0 aromatic heterocycles. The predicted molar refractivity (Wildman–Crippen MR) is 54.8 cm³/mol. The van der Waals surface area contributed by atoms with Crippen molar-refractivity contribution < 1.29 is 9.90 Å². The van der Waals surface area contributed by atoms with Crippen LogP contribution in [0.3, 0.4) is 0 Å². The summed E-state index contributed by atoms with van der Waals surface area (Å²) < 4.78 is 0. The minimum atomic E-state index is -0.187. The van der Waals surface area contributed by atoms with Crippen LogP contribution in [0.2, 0.25) is 0 Å². The maximum absolute atomic E-state index is 11.2. The smallest absolute Gasteiger partial charge is 0.220 e. The highest BCUT2D eigenvalue weighted by Gasteiger charge is 2.27. The van der Waals surface area contributed by atoms with E-state index >= 15 is 0 Å². The fraction of sp³-hybridized carbons (Fsp3) is 0.889. The van der Waals surface area contributed by atoms with Crippen molar-refractivity contribution in [1.82, 2.24) is 5.32 Å². The molecule has 4 heteroatoms. The summed E-state index contributed by atoms with van der Waals surface area (Å²) in [5.74, 6) is 0.123. The van der Waals surface area contributed by atoms with Crippen molar-refractivity contribution in [2.24, 2.45) is 0 Å². The van der Waals surface area contributed by atoms with E-state index in [2.05, 4.69) is 21.2 Å². The molecule has 1 fully saturated rings. The summed E-state index contributed by atoms with van der Waals surface area (Å²) in [5.41, 5.74) is 0. The molecule has 0 heterocycles. The second-order valence-electron chi connectivity index (χ2n) is 3.54. The van der Waals surface area contributed by atoms with E-state index in [1.807, 2.05) is 0 Å². The zero-order chi connectivity index (χ0) is 9.68. The molecule has 0 radical (unpaired) electrons. The molecule has 1 rings (SSSR count). The topological polar surface area (TPSA) is 49.3 Å². The van der Waals surface area contributed by atoms with E-state index in [9.17, 15) is 4.79 Å². The Morgan fingerprint density at radius 1 is 1.46 bits per heavy atom. The molecule has 76 valence electrons. The SMILES string of the molecule is O=C(CCCCBr)NC1CC(O)C1. The summed E-state index contributed by atoms with van der Waals surface area (Å²) in [6.07, 6.45) is 3.85. The average molecular weight is 250 g/mol. The lowest BCUT2D eigenvalue weighted by Crippen LogP contribution is -2.46. The standard InChI is InChI=1S/C9H16BrNO2/c10-4-2-1-3-9(13)11-7-5-8(12)6-7/h7-8,12H,1-6H2,(H,11,13). The van der Waals surface area contributed by atoms with Gasteiger partial charge in [0.05, 0.1) is 6.10 Å². The maximum atomic E-state index is 11.2. The van der Waals surface area contributed by atoms with Crippen molar-refractivity contribution in [3.05, 3.63) is 0 Å². The number of aliphatic hydroxyl groups excluding tert-OH is 1. The van der Waals surface area contributed by atoms with Gasteiger partial charge < -0.3 is 10.4 Å². The third-order valence-corrected chi connectivity index (χ3v) is 2.83. The van der Waals surface area contributed by atoms with Gasteiger partial charge in [0, 0.05) is 17.8 Å². The van der Waals surface area contributed by atoms with Crippen molar-refractivity contribution in [2.75, 3.05) is 5.33 Å². The van der Waals surface area contributed by atoms with Gasteiger partial charge in [0.2, 0.25) is 5.91 Å². The largest absolute Gasteiger partial charge is 0.393 e. The third-order valence-electron chi connectivity index (χ3n) is 2.27. The van der Waals surface area contributed by atoms with Gasteiger partial charge >= 0.3 is 0 Å². The van der Waals surface area contributed by atoms with Gasteiger partial charge in [0.25, 0.3) is 0 Å². The molecule has 2 N–H and O–H groups in total. The summed E-state index contributed by atoms with van der Waals surface area (Å²) in [5, 5.41) is 12.8. The highest BCUT2D eigenvalue weighted by Crippen LogP contribution is 2.19. The highest BCUT2D eigenvalue weighted by atomic mass is 79.9. The molecule has 0 atom stereocenters. The number of unbranched alkanes of at least 4 members (excludes halogenated alkanes) is 1. The molecule has 0 unspecified atom stereocenters. The number of rotatable bonds is 5. The van der Waals surface area contributed by atoms with Crippen LogP contribution in [0.4, 0.5) is 0 Å². The normalized spacial score (nSPS) is 26.6. The van der Waals surface area contributed by atoms with E-state index in [4.69, 9.17) is 5.11 Å². The van der Waals surface area contributed by atoms with Gasteiger partial charge in [0.1, 0.15) is 0 Å². The Morgan fingerprint density at radius 3 is 2.69 bits per heavy atom. The maximum Gasteiger partial charge on any atom is 0.220 e. The van der Waals surface area contributed by atoms with E-state index in [-0.39, 0.29) is 18.1 Å². The van der Waals surface area contributed by atoms with Crippen LogP contribution in [-0.2, 0) is 4.79 Å². The fourth-order valence-electron chi connectivity index (χ4n) is 1.39. The Balaban J connectivity index is 1.98. The lowest BCUT2D eigenvalue weighted by atomic mass is 9.89. The van der Waals surface area contributed by atoms with Crippen LogP contribution >= 0.6 is 15.9 Å². The van der Waals surface area contributed by atoms with Gasteiger partial charge in [-0.2, -0.15) is 0 Å². The van der Waals surface area contributed by atoms with Gasteiger partial charge in [-0.05, 0) is 25.7 Å². The predicted octanol–water partition coefficient (Wildman–Crippen LogP) is 1.19. The third kappa shape index (κ3) is 4.09. The number of halogens is 1. The number of carbonyl (C=O) groups excluding carboxylic acids is 1. The number of amides is 1. The van der Waals surface area contributed by atoms with Gasteiger partial charge in [0.15, 0.2) is 0 Å². The molecular weight excluding hydrogens is 234 g/mol. The first-order valence-electron chi connectivity index (χ1n) is 4.75. The molecular formula is C9H16BrNO2. The van der Waals surface area contributed by atoms with E-state index in [0.29, 0.717) is 6.42 Å². The molecule has 0 aromatic rings. The Labute approximate surface area is 87.0 Å². The van der Waals surface area contributed by atoms with Crippen molar-refractivity contribution in [2.45, 2.75) is 44.2 Å². The van der Waals surface area contributed by atoms with Crippen LogP contribution < -0.4 is 5.32 Å². The fourth-order valence-corrected chi connectivity index (χ4v) is 1.78. The van der Waals surface area contributed by atoms with Gasteiger partial charge in [-0.1, -0.05) is 15.9 Å². The number of nitrogens with one attached hydrogen (secondary N) is 1. The first-order chi connectivity index (χ1) is 6.22. The van der Waals surface area contributed by atoms with Crippen molar-refractivity contribution in [3.63, 3.8) is 0 Å². The molecule has 0 spiro atoms. The molecule has 0 bridgehead atoms. The molecule has 1 aliphatic rings. The van der Waals surface area contributed by atoms with Crippen LogP contribution in [0.1, 0.15) is 32.1 Å². The first kappa shape index (κ1) is 11.0. The first-order valence-corrected chi connectivity index (χ1v) is 5.88. The molecule has 0 saturated heterocycles. The summed E-state index contributed by atoms with van der Waals surface area (Å²) >= 11 is 3.32. The monoisotopic (exact) mass is 249 g/mol. The van der Waals surface area contributed by atoms with Crippen molar-refractivity contribution >= 4 is 21.8 Å². The van der Waals surface area contributed by atoms with Gasteiger partial charge in [-0.3, -0.25) is 4.79 Å². The second kappa shape index (κ2) is 5.60. The number of aliphatic hydroxyl groups is 1. The number of hydrogen-bond acceptors (Lipinski definition) is 2. The van der Waals surface area contributed by atoms with E-state index in [1.54, 1.807) is 0 Å². The number of carbonyl (C=O) groups is 1. The van der Waals surface area contributed by atoms with Crippen molar-refractivity contribution in [1.29, 1.82) is 0 Å². The van der Waals surface area contributed by atoms with Gasteiger partial charge in [-0.25, -0.2) is 0 Å². The lowest BCUT2D eigenvalue weighted by Gasteiger charge is -2.31. The average Bonchev–Trinajstić information content (AvgIpc) is 2.02. The van der Waals surface area contributed by atoms with E-state index < -0.39 is 0 Å². The highest BCUT2D eigenvalue weighted by molar-refractivity contribution is 9.09. The van der Waals surface area contributed by atoms with Crippen LogP contribution in [-0.4, -0.2) is 28.5 Å². The second-order valence-corrected chi connectivity index (χ2v) is 4.33. The zero-order valence-electron chi connectivity index (χ0n) is 7.63. The summed E-state index contributed by atoms with van der Waals surface area (Å²) in [6, 6.07) is 0.228. The summed E-state index contributed by atoms with van der Waals surface area (Å²) in [7, 11) is 0. The number of alkyl halides is 1. The summed E-state index contributed by atoms with van der Waals surface area (Å²) in [4.78, 5) is 11.2. The zero-order valence-corrected chi connectivity index (χ0v) is 9.22. The van der Waals surface area contributed by atoms with Gasteiger partial charge in [-0.15, -0.1) is 0 Å². The Hall–Kier alpha value is -0.0900. The molecule has 0 aliphatic heterocycles. The molecule has 3 nitrogen and oxygen atoms in total. The molecule has 1 aliphatic carbocycles. The van der Waals surface area contributed by atoms with E-state index in [1.165, 1.54) is 0 Å². The Kier molecular flexibility index (Phi) is 4.73. The molecule has 1 saturated carbocycles.